The van der Waals surface area contributed by atoms with Crippen molar-refractivity contribution in [1.82, 2.24) is 4.90 Å². The molecule has 4 nitrogen and oxygen atoms in total. The number of amides is 1. The lowest BCUT2D eigenvalue weighted by molar-refractivity contribution is 0.0204. The fourth-order valence-corrected chi connectivity index (χ4v) is 3.00. The molecule has 4 heteroatoms. The van der Waals surface area contributed by atoms with E-state index in [1.54, 1.807) is 4.90 Å². The van der Waals surface area contributed by atoms with Gasteiger partial charge in [0.1, 0.15) is 5.60 Å². The van der Waals surface area contributed by atoms with Crippen LogP contribution in [0, 0.1) is 16.7 Å². The van der Waals surface area contributed by atoms with Gasteiger partial charge in [0.15, 0.2) is 0 Å². The van der Waals surface area contributed by atoms with Gasteiger partial charge in [0.25, 0.3) is 0 Å². The first kappa shape index (κ1) is 15.9. The van der Waals surface area contributed by atoms with Gasteiger partial charge in [-0.3, -0.25) is 0 Å². The van der Waals surface area contributed by atoms with Crippen LogP contribution in [0.3, 0.4) is 0 Å². The Hall–Kier alpha value is -2.02. The van der Waals surface area contributed by atoms with E-state index in [1.165, 1.54) is 5.56 Å². The number of nitriles is 1. The van der Waals surface area contributed by atoms with Gasteiger partial charge in [-0.1, -0.05) is 30.3 Å². The molecule has 1 aromatic carbocycles. The zero-order valence-corrected chi connectivity index (χ0v) is 14.1. The van der Waals surface area contributed by atoms with Gasteiger partial charge >= 0.3 is 6.09 Å². The van der Waals surface area contributed by atoms with Gasteiger partial charge in [-0.05, 0) is 45.6 Å². The molecular formula is C19H24N2O2. The normalized spacial score (nSPS) is 24.4. The van der Waals surface area contributed by atoms with Crippen LogP contribution in [0.2, 0.25) is 0 Å². The first-order valence-corrected chi connectivity index (χ1v) is 8.29. The van der Waals surface area contributed by atoms with Crippen molar-refractivity contribution < 1.29 is 9.53 Å². The summed E-state index contributed by atoms with van der Waals surface area (Å²) >= 11 is 0. The second-order valence-electron chi connectivity index (χ2n) is 7.82. The molecule has 0 aromatic heterocycles. The predicted molar refractivity (Wildman–Crippen MR) is 87.8 cm³/mol. The summed E-state index contributed by atoms with van der Waals surface area (Å²) in [6.07, 6.45) is 2.42. The zero-order valence-electron chi connectivity index (χ0n) is 14.1. The van der Waals surface area contributed by atoms with Crippen molar-refractivity contribution in [2.24, 2.45) is 5.41 Å². The lowest BCUT2D eigenvalue weighted by atomic mass is 10.1. The summed E-state index contributed by atoms with van der Waals surface area (Å²) < 4.78 is 5.58. The third-order valence-corrected chi connectivity index (χ3v) is 4.58. The van der Waals surface area contributed by atoms with E-state index >= 15 is 0 Å². The molecule has 0 aliphatic heterocycles. The largest absolute Gasteiger partial charge is 0.444 e. The Kier molecular flexibility index (Phi) is 3.83. The minimum atomic E-state index is -0.518. The van der Waals surface area contributed by atoms with Crippen LogP contribution >= 0.6 is 0 Å². The van der Waals surface area contributed by atoms with Crippen molar-refractivity contribution in [2.75, 3.05) is 6.54 Å². The maximum absolute atomic E-state index is 12.6. The average molecular weight is 312 g/mol. The van der Waals surface area contributed by atoms with Crippen molar-refractivity contribution >= 4 is 6.09 Å². The third kappa shape index (κ3) is 3.67. The summed E-state index contributed by atoms with van der Waals surface area (Å²) in [5.41, 5.74) is 0.393. The minimum Gasteiger partial charge on any atom is -0.444 e. The number of carbonyl (C=O) groups excluding carboxylic acids is 1. The highest BCUT2D eigenvalue weighted by Crippen LogP contribution is 2.50. The highest BCUT2D eigenvalue weighted by atomic mass is 16.6. The van der Waals surface area contributed by atoms with E-state index in [0.29, 0.717) is 12.5 Å². The highest BCUT2D eigenvalue weighted by molar-refractivity contribution is 5.70. The molecule has 2 aliphatic carbocycles. The number of rotatable bonds is 4. The second-order valence-corrected chi connectivity index (χ2v) is 7.82. The molecule has 1 aromatic rings. The van der Waals surface area contributed by atoms with Gasteiger partial charge in [-0.15, -0.1) is 0 Å². The standard InChI is InChI=1S/C19H24N2O2/c1-18(2,3)23-17(22)21(13-19(12-20)9-10-19)16-11-15(16)14-7-5-4-6-8-14/h4-8,15-16H,9-11,13H2,1-3H3/t15?,16-/m0/s1. The lowest BCUT2D eigenvalue weighted by Gasteiger charge is -2.29. The van der Waals surface area contributed by atoms with Crippen LogP contribution in [0.1, 0.15) is 51.5 Å². The molecule has 0 radical (unpaired) electrons. The maximum atomic E-state index is 12.6. The quantitative estimate of drug-likeness (QED) is 0.841. The molecule has 1 amide bonds. The van der Waals surface area contributed by atoms with Crippen molar-refractivity contribution in [3.63, 3.8) is 0 Å². The van der Waals surface area contributed by atoms with E-state index in [9.17, 15) is 10.1 Å². The number of carbonyl (C=O) groups is 1. The fraction of sp³-hybridized carbons (Fsp3) is 0.579. The molecule has 0 saturated heterocycles. The van der Waals surface area contributed by atoms with Crippen LogP contribution in [0.25, 0.3) is 0 Å². The van der Waals surface area contributed by atoms with E-state index in [0.717, 1.165) is 19.3 Å². The van der Waals surface area contributed by atoms with Crippen LogP contribution < -0.4 is 0 Å². The number of nitrogens with zero attached hydrogens (tertiary/aromatic N) is 2. The van der Waals surface area contributed by atoms with Crippen LogP contribution in [0.15, 0.2) is 30.3 Å². The van der Waals surface area contributed by atoms with Gasteiger partial charge in [-0.25, -0.2) is 4.79 Å². The molecule has 2 atom stereocenters. The van der Waals surface area contributed by atoms with Gasteiger partial charge in [0.05, 0.1) is 11.5 Å². The first-order valence-electron chi connectivity index (χ1n) is 8.29. The predicted octanol–water partition coefficient (Wildman–Crippen LogP) is 4.08. The van der Waals surface area contributed by atoms with Crippen LogP contribution in [-0.2, 0) is 4.74 Å². The van der Waals surface area contributed by atoms with E-state index in [4.69, 9.17) is 4.74 Å². The molecule has 122 valence electrons. The van der Waals surface area contributed by atoms with Crippen LogP contribution in [-0.4, -0.2) is 29.2 Å². The van der Waals surface area contributed by atoms with Crippen molar-refractivity contribution in [3.05, 3.63) is 35.9 Å². The van der Waals surface area contributed by atoms with E-state index in [2.05, 4.69) is 18.2 Å². The van der Waals surface area contributed by atoms with Gasteiger partial charge in [0.2, 0.25) is 0 Å². The van der Waals surface area contributed by atoms with Crippen LogP contribution in [0.5, 0.6) is 0 Å². The Balaban J connectivity index is 1.74. The first-order chi connectivity index (χ1) is 10.8. The number of ether oxygens (including phenoxy) is 1. The summed E-state index contributed by atoms with van der Waals surface area (Å²) in [5, 5.41) is 9.38. The van der Waals surface area contributed by atoms with E-state index < -0.39 is 5.60 Å². The Bertz CT molecular complexity index is 623. The summed E-state index contributed by atoms with van der Waals surface area (Å²) in [5.74, 6) is 0.359. The van der Waals surface area contributed by atoms with E-state index in [-0.39, 0.29) is 17.6 Å². The average Bonchev–Trinajstić information content (AvgIpc) is 3.39. The molecular weight excluding hydrogens is 288 g/mol. The smallest absolute Gasteiger partial charge is 0.410 e. The highest BCUT2D eigenvalue weighted by Gasteiger charge is 2.52. The Morgan fingerprint density at radius 2 is 2.00 bits per heavy atom. The summed E-state index contributed by atoms with van der Waals surface area (Å²) in [7, 11) is 0. The second kappa shape index (κ2) is 5.56. The minimum absolute atomic E-state index is 0.151. The number of hydrogen-bond donors (Lipinski definition) is 0. The Morgan fingerprint density at radius 1 is 1.35 bits per heavy atom. The Labute approximate surface area is 138 Å². The summed E-state index contributed by atoms with van der Waals surface area (Å²) in [6, 6.07) is 12.8. The molecule has 23 heavy (non-hydrogen) atoms. The number of hydrogen-bond acceptors (Lipinski definition) is 3. The topological polar surface area (TPSA) is 53.3 Å². The molecule has 2 fully saturated rings. The third-order valence-electron chi connectivity index (χ3n) is 4.58. The zero-order chi connectivity index (χ0) is 16.7. The Morgan fingerprint density at radius 3 is 2.52 bits per heavy atom. The van der Waals surface area contributed by atoms with Crippen molar-refractivity contribution in [2.45, 2.75) is 57.6 Å². The molecule has 0 bridgehead atoms. The van der Waals surface area contributed by atoms with Gasteiger partial charge in [-0.2, -0.15) is 5.26 Å². The van der Waals surface area contributed by atoms with Gasteiger partial charge in [0, 0.05) is 18.5 Å². The van der Waals surface area contributed by atoms with E-state index in [1.807, 2.05) is 39.0 Å². The maximum Gasteiger partial charge on any atom is 0.410 e. The molecule has 1 unspecified atom stereocenters. The lowest BCUT2D eigenvalue weighted by Crippen LogP contribution is -2.41. The molecule has 0 heterocycles. The van der Waals surface area contributed by atoms with Crippen molar-refractivity contribution in [3.8, 4) is 6.07 Å². The monoisotopic (exact) mass is 312 g/mol. The molecule has 3 rings (SSSR count). The summed E-state index contributed by atoms with van der Waals surface area (Å²) in [4.78, 5) is 14.4. The SMILES string of the molecule is CC(C)(C)OC(=O)N(CC1(C#N)CC1)[C@H]1CC1c1ccccc1. The molecule has 2 saturated carbocycles. The molecule has 0 N–H and O–H groups in total. The van der Waals surface area contributed by atoms with Crippen molar-refractivity contribution in [1.29, 1.82) is 5.26 Å². The van der Waals surface area contributed by atoms with Crippen LogP contribution in [0.4, 0.5) is 4.79 Å². The number of benzene rings is 1. The summed E-state index contributed by atoms with van der Waals surface area (Å²) in [6.45, 7) is 6.12. The molecule has 0 spiro atoms. The fourth-order valence-electron chi connectivity index (χ4n) is 3.00. The molecule has 2 aliphatic rings. The van der Waals surface area contributed by atoms with Gasteiger partial charge < -0.3 is 9.64 Å².